The van der Waals surface area contributed by atoms with Gasteiger partial charge >= 0.3 is 0 Å². The van der Waals surface area contributed by atoms with Crippen LogP contribution in [0.4, 0.5) is 0 Å². The molecule has 1 saturated heterocycles. The maximum absolute atomic E-state index is 5.74. The minimum absolute atomic E-state index is 0.0156. The Kier molecular flexibility index (Phi) is 29.1. The first-order valence-electron chi connectivity index (χ1n) is 27.7. The van der Waals surface area contributed by atoms with Crippen LogP contribution in [-0.2, 0) is 23.7 Å². The fourth-order valence-corrected chi connectivity index (χ4v) is 11.5. The van der Waals surface area contributed by atoms with Crippen molar-refractivity contribution in [3.05, 3.63) is 0 Å². The second-order valence-corrected chi connectivity index (χ2v) is 31.9. The van der Waals surface area contributed by atoms with Gasteiger partial charge in [-0.05, 0) is 183 Å². The van der Waals surface area contributed by atoms with Crippen LogP contribution < -0.4 is 0 Å². The lowest BCUT2D eigenvalue weighted by atomic mass is 9.73. The van der Waals surface area contributed by atoms with Crippen LogP contribution in [0, 0.1) is 50.2 Å². The van der Waals surface area contributed by atoms with E-state index >= 15 is 0 Å². The van der Waals surface area contributed by atoms with Gasteiger partial charge in [0.25, 0.3) is 0 Å². The highest BCUT2D eigenvalue weighted by atomic mass is 16.7. The molecule has 3 saturated carbocycles. The van der Waals surface area contributed by atoms with E-state index in [0.29, 0.717) is 32.5 Å². The molecule has 5 nitrogen and oxygen atoms in total. The summed E-state index contributed by atoms with van der Waals surface area (Å²) in [6.07, 6.45) is 22.4. The molecule has 4 aliphatic rings. The van der Waals surface area contributed by atoms with E-state index in [-0.39, 0.29) is 28.2 Å². The normalized spacial score (nSPS) is 22.4. The molecule has 406 valence electrons. The second-order valence-electron chi connectivity index (χ2n) is 31.9. The Balaban J connectivity index is 0. The second kappa shape index (κ2) is 28.3. The molecule has 0 radical (unpaired) electrons. The van der Waals surface area contributed by atoms with Gasteiger partial charge < -0.3 is 23.7 Å². The molecule has 1 aliphatic heterocycles. The third-order valence-corrected chi connectivity index (χ3v) is 12.7. The maximum Gasteiger partial charge on any atom is 0.168 e. The zero-order valence-corrected chi connectivity index (χ0v) is 51.7. The van der Waals surface area contributed by atoms with Gasteiger partial charge in [0.15, 0.2) is 5.79 Å². The van der Waals surface area contributed by atoms with Crippen LogP contribution in [0.1, 0.15) is 296 Å². The molecule has 0 atom stereocenters. The molecule has 0 aromatic heterocycles. The summed E-state index contributed by atoms with van der Waals surface area (Å²) in [5.74, 6) is 2.69. The lowest BCUT2D eigenvalue weighted by molar-refractivity contribution is -0.183. The van der Waals surface area contributed by atoms with E-state index in [0.717, 1.165) is 50.2 Å². The van der Waals surface area contributed by atoms with Gasteiger partial charge in [-0.15, -0.1) is 0 Å². The van der Waals surface area contributed by atoms with Crippen molar-refractivity contribution in [3.8, 4) is 0 Å². The molecular weight excluding hydrogens is 825 g/mol. The van der Waals surface area contributed by atoms with E-state index in [9.17, 15) is 0 Å². The molecule has 1 spiro atoms. The van der Waals surface area contributed by atoms with E-state index < -0.39 is 0 Å². The van der Waals surface area contributed by atoms with E-state index in [1.807, 2.05) is 7.11 Å². The molecular formula is C62H128O5. The van der Waals surface area contributed by atoms with Crippen LogP contribution in [0.15, 0.2) is 0 Å². The van der Waals surface area contributed by atoms with Gasteiger partial charge in [-0.3, -0.25) is 0 Å². The van der Waals surface area contributed by atoms with Crippen molar-refractivity contribution >= 4 is 0 Å². The molecule has 0 aromatic rings. The van der Waals surface area contributed by atoms with Gasteiger partial charge in [0.1, 0.15) is 0 Å². The molecule has 0 bridgehead atoms. The SMILES string of the molecule is CC(C)(C)CC(C)(C)C.CC(C)(C)CC1CCC2(CC1)OCCO2.CC(C)(C)CC1CCCC1.CC(C)(C)OC(C)(C)C.COC(C)(C)CC(C)(C)C.COC1(C)CCC(CC(C)(C)C)CC1. The van der Waals surface area contributed by atoms with Crippen molar-refractivity contribution in [3.63, 3.8) is 0 Å². The van der Waals surface area contributed by atoms with Crippen LogP contribution in [0.25, 0.3) is 0 Å². The summed E-state index contributed by atoms with van der Waals surface area (Å²) in [6, 6.07) is 0. The predicted octanol–water partition coefficient (Wildman–Crippen LogP) is 19.9. The number of rotatable bonds is 6. The van der Waals surface area contributed by atoms with Crippen LogP contribution in [0.2, 0.25) is 0 Å². The Bertz CT molecular complexity index is 1170. The highest BCUT2D eigenvalue weighted by Gasteiger charge is 2.41. The van der Waals surface area contributed by atoms with E-state index in [1.165, 1.54) is 89.9 Å². The molecule has 4 fully saturated rings. The average Bonchev–Trinajstić information content (AvgIpc) is 3.75. The minimum atomic E-state index is -0.172. The lowest BCUT2D eigenvalue weighted by Gasteiger charge is -2.38. The van der Waals surface area contributed by atoms with Gasteiger partial charge in [0.2, 0.25) is 0 Å². The zero-order chi connectivity index (χ0) is 53.2. The molecule has 0 unspecified atom stereocenters. The van der Waals surface area contributed by atoms with Crippen LogP contribution in [0.3, 0.4) is 0 Å². The summed E-state index contributed by atoms with van der Waals surface area (Å²) in [5.41, 5.74) is 3.02. The Labute approximate surface area is 424 Å². The average molecular weight is 954 g/mol. The third-order valence-electron chi connectivity index (χ3n) is 12.7. The van der Waals surface area contributed by atoms with Crippen LogP contribution in [0.5, 0.6) is 0 Å². The fraction of sp³-hybridized carbons (Fsp3) is 1.00. The predicted molar refractivity (Wildman–Crippen MR) is 297 cm³/mol. The van der Waals surface area contributed by atoms with E-state index in [1.54, 1.807) is 7.11 Å². The fourth-order valence-electron chi connectivity index (χ4n) is 11.5. The Morgan fingerprint density at radius 1 is 0.403 bits per heavy atom. The molecule has 4 rings (SSSR count). The first-order valence-corrected chi connectivity index (χ1v) is 27.7. The third kappa shape index (κ3) is 43.1. The molecule has 5 heteroatoms. The summed E-state index contributed by atoms with van der Waals surface area (Å²) in [4.78, 5) is 0. The largest absolute Gasteiger partial charge is 0.379 e. The summed E-state index contributed by atoms with van der Waals surface area (Å²) in [5, 5.41) is 0. The quantitative estimate of drug-likeness (QED) is 0.265. The first-order chi connectivity index (χ1) is 29.6. The highest BCUT2D eigenvalue weighted by molar-refractivity contribution is 4.86. The first kappa shape index (κ1) is 68.9. The summed E-state index contributed by atoms with van der Waals surface area (Å²) in [7, 11) is 3.62. The smallest absolute Gasteiger partial charge is 0.168 e. The monoisotopic (exact) mass is 953 g/mol. The van der Waals surface area contributed by atoms with Crippen molar-refractivity contribution < 1.29 is 23.7 Å². The van der Waals surface area contributed by atoms with Crippen molar-refractivity contribution in [2.45, 2.75) is 324 Å². The number of hydrogen-bond donors (Lipinski definition) is 0. The molecule has 0 N–H and O–H groups in total. The summed E-state index contributed by atoms with van der Waals surface area (Å²) >= 11 is 0. The van der Waals surface area contributed by atoms with Crippen molar-refractivity contribution in [1.82, 2.24) is 0 Å². The number of hydrogen-bond acceptors (Lipinski definition) is 5. The molecule has 0 aromatic carbocycles. The topological polar surface area (TPSA) is 46.2 Å². The number of methoxy groups -OCH3 is 2. The van der Waals surface area contributed by atoms with Gasteiger partial charge in [-0.25, -0.2) is 0 Å². The van der Waals surface area contributed by atoms with Gasteiger partial charge in [0.05, 0.1) is 35.6 Å². The Hall–Kier alpha value is -0.200. The van der Waals surface area contributed by atoms with Crippen molar-refractivity contribution in [2.24, 2.45) is 50.2 Å². The molecule has 1 heterocycles. The van der Waals surface area contributed by atoms with E-state index in [2.05, 4.69) is 187 Å². The molecule has 67 heavy (non-hydrogen) atoms. The van der Waals surface area contributed by atoms with Gasteiger partial charge in [0, 0.05) is 27.1 Å². The van der Waals surface area contributed by atoms with Crippen molar-refractivity contribution in [1.29, 1.82) is 0 Å². The van der Waals surface area contributed by atoms with Gasteiger partial charge in [-0.1, -0.05) is 150 Å². The van der Waals surface area contributed by atoms with Crippen LogP contribution in [-0.4, -0.2) is 55.6 Å². The maximum atomic E-state index is 5.74. The van der Waals surface area contributed by atoms with Crippen LogP contribution >= 0.6 is 0 Å². The van der Waals surface area contributed by atoms with Gasteiger partial charge in [-0.2, -0.15) is 0 Å². The number of ether oxygens (including phenoxy) is 5. The highest BCUT2D eigenvalue weighted by Crippen LogP contribution is 2.43. The standard InChI is InChI=1S/C13H24O2.C13H26O.C10H20.C9H20O.C9H20.C8H18O/c1-12(2,3)10-11-4-6-13(7-5-11)14-8-9-15-13;1-12(2,3)10-11-6-8-13(4,14-5)9-7-11;1-10(2,3)8-9-6-4-5-7-9;1-8(2,3)7-9(4,5)10-6;1-8(2,3)7-9(4,5)6;1-7(2,3)9-8(4,5)6/h11H,4-10H2,1-3H3;11H,6-10H2,1-5H3;9H,4-8H2,1-3H3;7H2,1-6H3;7H2,1-6H3;1-6H3. The lowest BCUT2D eigenvalue weighted by Crippen LogP contribution is -2.35. The Morgan fingerprint density at radius 3 is 0.910 bits per heavy atom. The van der Waals surface area contributed by atoms with E-state index in [4.69, 9.17) is 23.7 Å². The summed E-state index contributed by atoms with van der Waals surface area (Å²) < 4.78 is 28.0. The molecule has 3 aliphatic carbocycles. The Morgan fingerprint density at radius 2 is 0.701 bits per heavy atom. The van der Waals surface area contributed by atoms with Crippen molar-refractivity contribution in [2.75, 3.05) is 27.4 Å². The molecule has 0 amide bonds. The zero-order valence-electron chi connectivity index (χ0n) is 51.7. The minimum Gasteiger partial charge on any atom is -0.379 e. The summed E-state index contributed by atoms with van der Waals surface area (Å²) in [6.45, 7) is 62.0.